The highest BCUT2D eigenvalue weighted by Gasteiger charge is 2.12. The van der Waals surface area contributed by atoms with Crippen LogP contribution in [0.2, 0.25) is 5.02 Å². The molecule has 2 N–H and O–H groups in total. The molecule has 4 nitrogen and oxygen atoms in total. The molecule has 2 heterocycles. The van der Waals surface area contributed by atoms with Gasteiger partial charge in [-0.2, -0.15) is 0 Å². The summed E-state index contributed by atoms with van der Waals surface area (Å²) >= 11 is 6.29. The van der Waals surface area contributed by atoms with Crippen LogP contribution in [-0.4, -0.2) is 14.5 Å². The maximum atomic E-state index is 6.29. The maximum Gasteiger partial charge on any atom is 0.132 e. The maximum absolute atomic E-state index is 6.29. The van der Waals surface area contributed by atoms with Crippen molar-refractivity contribution in [2.45, 2.75) is 6.92 Å². The van der Waals surface area contributed by atoms with Gasteiger partial charge in [-0.25, -0.2) is 9.97 Å². The van der Waals surface area contributed by atoms with Gasteiger partial charge < -0.3 is 5.73 Å². The zero-order valence-electron chi connectivity index (χ0n) is 10.9. The van der Waals surface area contributed by atoms with Crippen molar-refractivity contribution in [3.05, 3.63) is 59.6 Å². The van der Waals surface area contributed by atoms with Crippen molar-refractivity contribution in [1.29, 1.82) is 0 Å². The molecule has 20 heavy (non-hydrogen) atoms. The quantitative estimate of drug-likeness (QED) is 0.784. The van der Waals surface area contributed by atoms with Crippen LogP contribution >= 0.6 is 11.6 Å². The van der Waals surface area contributed by atoms with Crippen molar-refractivity contribution >= 4 is 17.4 Å². The molecule has 2 aromatic heterocycles. The van der Waals surface area contributed by atoms with Crippen LogP contribution in [0.15, 0.2) is 49.1 Å². The molecular formula is C15H13ClN4. The fourth-order valence-electron chi connectivity index (χ4n) is 2.13. The van der Waals surface area contributed by atoms with E-state index in [4.69, 9.17) is 17.3 Å². The van der Waals surface area contributed by atoms with E-state index in [9.17, 15) is 0 Å². The minimum Gasteiger partial charge on any atom is -0.383 e. The minimum atomic E-state index is 0.470. The molecule has 0 fully saturated rings. The molecule has 100 valence electrons. The Labute approximate surface area is 121 Å². The van der Waals surface area contributed by atoms with E-state index in [2.05, 4.69) is 9.97 Å². The summed E-state index contributed by atoms with van der Waals surface area (Å²) in [6, 6.07) is 9.63. The van der Waals surface area contributed by atoms with Gasteiger partial charge in [-0.05, 0) is 36.8 Å². The van der Waals surface area contributed by atoms with Gasteiger partial charge in [0.25, 0.3) is 0 Å². The van der Waals surface area contributed by atoms with Crippen LogP contribution in [0.1, 0.15) is 5.56 Å². The molecule has 0 saturated carbocycles. The highest BCUT2D eigenvalue weighted by atomic mass is 35.5. The number of aromatic nitrogens is 3. The lowest BCUT2D eigenvalue weighted by Gasteiger charge is -2.11. The molecule has 3 aromatic rings. The average Bonchev–Trinajstić information content (AvgIpc) is 2.91. The Hall–Kier alpha value is -2.33. The van der Waals surface area contributed by atoms with E-state index in [-0.39, 0.29) is 0 Å². The van der Waals surface area contributed by atoms with Crippen LogP contribution in [0, 0.1) is 6.92 Å². The number of nitrogen functional groups attached to an aromatic ring is 1. The number of pyridine rings is 1. The Kier molecular flexibility index (Phi) is 3.16. The van der Waals surface area contributed by atoms with E-state index in [1.54, 1.807) is 18.7 Å². The number of halogens is 1. The van der Waals surface area contributed by atoms with E-state index in [0.717, 1.165) is 22.5 Å². The predicted molar refractivity (Wildman–Crippen MR) is 81.0 cm³/mol. The van der Waals surface area contributed by atoms with Crippen LogP contribution in [0.5, 0.6) is 0 Å². The van der Waals surface area contributed by atoms with Gasteiger partial charge >= 0.3 is 0 Å². The average molecular weight is 285 g/mol. The van der Waals surface area contributed by atoms with E-state index in [1.807, 2.05) is 41.8 Å². The van der Waals surface area contributed by atoms with Gasteiger partial charge in [0.15, 0.2) is 0 Å². The number of hydrogen-bond donors (Lipinski definition) is 1. The third-order valence-electron chi connectivity index (χ3n) is 3.11. The first-order valence-corrected chi connectivity index (χ1v) is 6.54. The molecule has 0 amide bonds. The minimum absolute atomic E-state index is 0.470. The normalized spacial score (nSPS) is 10.7. The Morgan fingerprint density at radius 1 is 1.25 bits per heavy atom. The van der Waals surface area contributed by atoms with Gasteiger partial charge in [0, 0.05) is 11.8 Å². The zero-order chi connectivity index (χ0) is 14.1. The van der Waals surface area contributed by atoms with E-state index in [0.29, 0.717) is 10.8 Å². The van der Waals surface area contributed by atoms with Gasteiger partial charge in [-0.3, -0.25) is 4.57 Å². The first-order valence-electron chi connectivity index (χ1n) is 6.16. The second-order valence-corrected chi connectivity index (χ2v) is 4.95. The van der Waals surface area contributed by atoms with E-state index < -0.39 is 0 Å². The standard InChI is InChI=1S/C15H13ClN4/c1-10-4-5-12(16)13(7-10)20-9-18-8-14(20)11-3-2-6-19-15(11)17/h2-9H,1H3,(H2,17,19). The molecule has 3 rings (SSSR count). The van der Waals surface area contributed by atoms with Gasteiger partial charge in [0.1, 0.15) is 5.82 Å². The molecule has 5 heteroatoms. The molecular weight excluding hydrogens is 272 g/mol. The smallest absolute Gasteiger partial charge is 0.132 e. The Bertz CT molecular complexity index is 764. The predicted octanol–water partition coefficient (Wildman–Crippen LogP) is 3.48. The topological polar surface area (TPSA) is 56.7 Å². The van der Waals surface area contributed by atoms with Crippen LogP contribution in [0.3, 0.4) is 0 Å². The number of nitrogens with two attached hydrogens (primary N) is 1. The first kappa shape index (κ1) is 12.7. The second-order valence-electron chi connectivity index (χ2n) is 4.54. The third kappa shape index (κ3) is 2.14. The van der Waals surface area contributed by atoms with Crippen LogP contribution in [-0.2, 0) is 0 Å². The lowest BCUT2D eigenvalue weighted by Crippen LogP contribution is -2.00. The number of rotatable bonds is 2. The van der Waals surface area contributed by atoms with Crippen molar-refractivity contribution in [2.75, 3.05) is 5.73 Å². The highest BCUT2D eigenvalue weighted by molar-refractivity contribution is 6.32. The fourth-order valence-corrected chi connectivity index (χ4v) is 2.34. The first-order chi connectivity index (χ1) is 9.66. The van der Waals surface area contributed by atoms with E-state index in [1.165, 1.54) is 0 Å². The molecule has 0 aliphatic carbocycles. The number of nitrogens with zero attached hydrogens (tertiary/aromatic N) is 3. The summed E-state index contributed by atoms with van der Waals surface area (Å²) in [5.74, 6) is 0.470. The van der Waals surface area contributed by atoms with Gasteiger partial charge in [-0.15, -0.1) is 0 Å². The molecule has 0 bridgehead atoms. The molecule has 0 saturated heterocycles. The molecule has 0 aliphatic heterocycles. The van der Waals surface area contributed by atoms with Gasteiger partial charge in [0.2, 0.25) is 0 Å². The molecule has 0 spiro atoms. The summed E-state index contributed by atoms with van der Waals surface area (Å²) in [5.41, 5.74) is 9.65. The molecule has 0 atom stereocenters. The molecule has 0 aliphatic rings. The van der Waals surface area contributed by atoms with Crippen molar-refractivity contribution < 1.29 is 0 Å². The van der Waals surface area contributed by atoms with Crippen molar-refractivity contribution in [3.63, 3.8) is 0 Å². The van der Waals surface area contributed by atoms with Gasteiger partial charge in [0.05, 0.1) is 28.9 Å². The number of hydrogen-bond acceptors (Lipinski definition) is 3. The SMILES string of the molecule is Cc1ccc(Cl)c(-n2cncc2-c2cccnc2N)c1. The molecule has 0 unspecified atom stereocenters. The molecule has 0 radical (unpaired) electrons. The zero-order valence-corrected chi connectivity index (χ0v) is 11.7. The highest BCUT2D eigenvalue weighted by Crippen LogP contribution is 2.29. The monoisotopic (exact) mass is 284 g/mol. The fraction of sp³-hybridized carbons (Fsp3) is 0.0667. The van der Waals surface area contributed by atoms with Crippen molar-refractivity contribution in [1.82, 2.24) is 14.5 Å². The second kappa shape index (κ2) is 4.98. The number of anilines is 1. The summed E-state index contributed by atoms with van der Waals surface area (Å²) < 4.78 is 1.92. The van der Waals surface area contributed by atoms with Gasteiger partial charge in [-0.1, -0.05) is 17.7 Å². The molecule has 1 aromatic carbocycles. The van der Waals surface area contributed by atoms with Crippen LogP contribution in [0.4, 0.5) is 5.82 Å². The van der Waals surface area contributed by atoms with Crippen LogP contribution < -0.4 is 5.73 Å². The lowest BCUT2D eigenvalue weighted by molar-refractivity contribution is 1.06. The summed E-state index contributed by atoms with van der Waals surface area (Å²) in [7, 11) is 0. The summed E-state index contributed by atoms with van der Waals surface area (Å²) in [6.45, 7) is 2.02. The van der Waals surface area contributed by atoms with Crippen LogP contribution in [0.25, 0.3) is 16.9 Å². The van der Waals surface area contributed by atoms with Crippen molar-refractivity contribution in [2.24, 2.45) is 0 Å². The number of aryl methyl sites for hydroxylation is 1. The summed E-state index contributed by atoms with van der Waals surface area (Å²) in [5, 5.41) is 0.664. The lowest BCUT2D eigenvalue weighted by atomic mass is 10.1. The van der Waals surface area contributed by atoms with E-state index >= 15 is 0 Å². The number of benzene rings is 1. The Morgan fingerprint density at radius 3 is 2.90 bits per heavy atom. The largest absolute Gasteiger partial charge is 0.383 e. The number of imidazole rings is 1. The Morgan fingerprint density at radius 2 is 2.10 bits per heavy atom. The Balaban J connectivity index is 2.21. The van der Waals surface area contributed by atoms with Crippen molar-refractivity contribution in [3.8, 4) is 16.9 Å². The third-order valence-corrected chi connectivity index (χ3v) is 3.43. The summed E-state index contributed by atoms with van der Waals surface area (Å²) in [6.07, 6.45) is 5.15. The summed E-state index contributed by atoms with van der Waals surface area (Å²) in [4.78, 5) is 8.32.